The fraction of sp³-hybridized carbons (Fsp3) is 0.0769. The van der Waals surface area contributed by atoms with Crippen molar-refractivity contribution in [3.05, 3.63) is 83.9 Å². The second-order valence-corrected chi connectivity index (χ2v) is 7.64. The number of hydrogen-bond donors (Lipinski definition) is 2. The summed E-state index contributed by atoms with van der Waals surface area (Å²) in [5.74, 6) is 0.895. The fourth-order valence-corrected chi connectivity index (χ4v) is 3.76. The monoisotopic (exact) mass is 466 g/mol. The van der Waals surface area contributed by atoms with Crippen molar-refractivity contribution < 1.29 is 14.3 Å². The van der Waals surface area contributed by atoms with E-state index in [1.807, 2.05) is 48.5 Å². The van der Waals surface area contributed by atoms with Gasteiger partial charge in [0.15, 0.2) is 17.1 Å². The van der Waals surface area contributed by atoms with Crippen LogP contribution in [0.2, 0.25) is 0 Å². The molecule has 9 heteroatoms. The smallest absolute Gasteiger partial charge is 0.261 e. The average molecular weight is 467 g/mol. The van der Waals surface area contributed by atoms with E-state index >= 15 is 0 Å². The van der Waals surface area contributed by atoms with E-state index in [1.165, 1.54) is 4.68 Å². The number of hydrogen-bond acceptors (Lipinski definition) is 7. The van der Waals surface area contributed by atoms with Crippen molar-refractivity contribution in [2.75, 3.05) is 25.3 Å². The lowest BCUT2D eigenvalue weighted by Crippen LogP contribution is -2.14. The molecule has 0 unspecified atom stereocenters. The maximum atomic E-state index is 13.3. The van der Waals surface area contributed by atoms with Gasteiger partial charge in [-0.25, -0.2) is 9.97 Å². The molecule has 5 aromatic rings. The summed E-state index contributed by atoms with van der Waals surface area (Å²) in [6, 6.07) is 21.9. The Morgan fingerprint density at radius 3 is 2.34 bits per heavy atom. The van der Waals surface area contributed by atoms with Crippen LogP contribution >= 0.6 is 0 Å². The van der Waals surface area contributed by atoms with Gasteiger partial charge in [-0.15, -0.1) is 0 Å². The second-order valence-electron chi connectivity index (χ2n) is 7.64. The molecule has 9 nitrogen and oxygen atoms in total. The molecule has 0 atom stereocenters. The molecule has 2 aromatic heterocycles. The molecule has 0 fully saturated rings. The summed E-state index contributed by atoms with van der Waals surface area (Å²) in [5, 5.41) is 7.41. The van der Waals surface area contributed by atoms with E-state index in [0.29, 0.717) is 39.4 Å². The van der Waals surface area contributed by atoms with E-state index in [2.05, 4.69) is 10.4 Å². The van der Waals surface area contributed by atoms with Gasteiger partial charge in [0, 0.05) is 5.69 Å². The summed E-state index contributed by atoms with van der Waals surface area (Å²) >= 11 is 0. The van der Waals surface area contributed by atoms with Gasteiger partial charge in [0.05, 0.1) is 31.5 Å². The highest BCUT2D eigenvalue weighted by Crippen LogP contribution is 2.30. The number of nitrogen functional groups attached to an aromatic ring is 1. The van der Waals surface area contributed by atoms with Gasteiger partial charge < -0.3 is 20.5 Å². The molecule has 0 aliphatic carbocycles. The molecule has 5 rings (SSSR count). The Morgan fingerprint density at radius 1 is 0.943 bits per heavy atom. The number of nitrogens with zero attached hydrogens (tertiary/aromatic N) is 4. The first-order valence-electron chi connectivity index (χ1n) is 10.8. The first-order chi connectivity index (χ1) is 17.1. The lowest BCUT2D eigenvalue weighted by Gasteiger charge is -2.07. The van der Waals surface area contributed by atoms with Gasteiger partial charge in [0.2, 0.25) is 0 Å². The Hall–Kier alpha value is -4.92. The largest absolute Gasteiger partial charge is 0.493 e. The Morgan fingerprint density at radius 2 is 1.63 bits per heavy atom. The van der Waals surface area contributed by atoms with E-state index in [9.17, 15) is 4.79 Å². The van der Waals surface area contributed by atoms with Crippen LogP contribution in [0.5, 0.6) is 11.5 Å². The maximum Gasteiger partial charge on any atom is 0.261 e. The van der Waals surface area contributed by atoms with Crippen LogP contribution in [0.4, 0.5) is 11.5 Å². The lowest BCUT2D eigenvalue weighted by molar-refractivity contribution is 0.102. The van der Waals surface area contributed by atoms with Gasteiger partial charge in [-0.1, -0.05) is 30.3 Å². The number of nitrogens with one attached hydrogen (secondary N) is 1. The molecule has 0 aliphatic rings. The SMILES string of the molecule is COc1ccc(/C=N/n2c(N)c(C(=O)Nc3ccccc3)c3nc4ccccc4nc32)cc1OC. The molecular formula is C26H22N6O3. The van der Waals surface area contributed by atoms with Crippen molar-refractivity contribution in [1.82, 2.24) is 14.6 Å². The maximum absolute atomic E-state index is 13.3. The number of rotatable bonds is 6. The zero-order valence-electron chi connectivity index (χ0n) is 19.1. The molecule has 1 amide bonds. The van der Waals surface area contributed by atoms with Crippen LogP contribution in [0.1, 0.15) is 15.9 Å². The summed E-state index contributed by atoms with van der Waals surface area (Å²) in [7, 11) is 3.14. The average Bonchev–Trinajstić information content (AvgIpc) is 3.16. The summed E-state index contributed by atoms with van der Waals surface area (Å²) < 4.78 is 12.1. The van der Waals surface area contributed by atoms with Gasteiger partial charge >= 0.3 is 0 Å². The van der Waals surface area contributed by atoms with E-state index in [0.717, 1.165) is 5.56 Å². The molecule has 35 heavy (non-hydrogen) atoms. The molecule has 0 saturated heterocycles. The molecule has 3 aromatic carbocycles. The minimum absolute atomic E-state index is 0.125. The number of para-hydroxylation sites is 3. The summed E-state index contributed by atoms with van der Waals surface area (Å²) in [4.78, 5) is 22.7. The summed E-state index contributed by atoms with van der Waals surface area (Å²) in [6.45, 7) is 0. The zero-order chi connectivity index (χ0) is 24.4. The molecule has 0 saturated carbocycles. The third-order valence-corrected chi connectivity index (χ3v) is 5.46. The summed E-state index contributed by atoms with van der Waals surface area (Å²) in [6.07, 6.45) is 1.60. The van der Waals surface area contributed by atoms with Gasteiger partial charge in [-0.3, -0.25) is 4.79 Å². The normalized spacial score (nSPS) is 11.3. The van der Waals surface area contributed by atoms with Crippen molar-refractivity contribution in [3.8, 4) is 11.5 Å². The van der Waals surface area contributed by atoms with Crippen LogP contribution in [0, 0.1) is 0 Å². The van der Waals surface area contributed by atoms with E-state index in [4.69, 9.17) is 25.2 Å². The molecule has 3 N–H and O–H groups in total. The highest BCUT2D eigenvalue weighted by atomic mass is 16.5. The number of fused-ring (bicyclic) bond motifs is 2. The van der Waals surface area contributed by atoms with Crippen molar-refractivity contribution in [1.29, 1.82) is 0 Å². The van der Waals surface area contributed by atoms with Crippen molar-refractivity contribution in [2.45, 2.75) is 0 Å². The Bertz CT molecular complexity index is 1580. The number of benzene rings is 3. The standard InChI is InChI=1S/C26H22N6O3/c1-34-20-13-12-16(14-21(20)35-2)15-28-32-24(27)22(26(33)29-17-8-4-3-5-9-17)23-25(32)31-19-11-7-6-10-18(19)30-23/h3-15H,27H2,1-2H3,(H,29,33)/b28-15+. The third kappa shape index (κ3) is 4.10. The molecule has 0 bridgehead atoms. The zero-order valence-corrected chi connectivity index (χ0v) is 19.1. The molecule has 174 valence electrons. The quantitative estimate of drug-likeness (QED) is 0.360. The highest BCUT2D eigenvalue weighted by molar-refractivity contribution is 6.16. The Balaban J connectivity index is 1.64. The van der Waals surface area contributed by atoms with Gasteiger partial charge in [-0.2, -0.15) is 9.78 Å². The number of nitrogens with two attached hydrogens (primary N) is 1. The number of amides is 1. The first-order valence-corrected chi connectivity index (χ1v) is 10.8. The number of ether oxygens (including phenoxy) is 2. The van der Waals surface area contributed by atoms with Gasteiger partial charge in [0.1, 0.15) is 16.9 Å². The van der Waals surface area contributed by atoms with Crippen LogP contribution in [-0.2, 0) is 0 Å². The van der Waals surface area contributed by atoms with Crippen molar-refractivity contribution >= 4 is 45.8 Å². The minimum atomic E-state index is -0.400. The van der Waals surface area contributed by atoms with E-state index in [1.54, 1.807) is 44.7 Å². The fourth-order valence-electron chi connectivity index (χ4n) is 3.76. The Labute approximate surface area is 200 Å². The van der Waals surface area contributed by atoms with E-state index < -0.39 is 5.91 Å². The second kappa shape index (κ2) is 9.14. The van der Waals surface area contributed by atoms with Crippen LogP contribution in [0.15, 0.2) is 77.9 Å². The number of carbonyl (C=O) groups excluding carboxylic acids is 1. The first kappa shape index (κ1) is 21.9. The van der Waals surface area contributed by atoms with E-state index in [-0.39, 0.29) is 11.4 Å². The summed E-state index contributed by atoms with van der Waals surface area (Å²) in [5.41, 5.74) is 10.1. The van der Waals surface area contributed by atoms with Crippen molar-refractivity contribution in [2.24, 2.45) is 5.10 Å². The topological polar surface area (TPSA) is 117 Å². The van der Waals surface area contributed by atoms with Crippen LogP contribution in [-0.4, -0.2) is 41.0 Å². The molecule has 0 spiro atoms. The van der Waals surface area contributed by atoms with Gasteiger partial charge in [0.25, 0.3) is 5.91 Å². The number of methoxy groups -OCH3 is 2. The predicted molar refractivity (Wildman–Crippen MR) is 136 cm³/mol. The third-order valence-electron chi connectivity index (χ3n) is 5.46. The lowest BCUT2D eigenvalue weighted by atomic mass is 10.2. The minimum Gasteiger partial charge on any atom is -0.493 e. The molecular weight excluding hydrogens is 444 g/mol. The molecule has 0 aliphatic heterocycles. The molecule has 0 radical (unpaired) electrons. The highest BCUT2D eigenvalue weighted by Gasteiger charge is 2.24. The van der Waals surface area contributed by atoms with Crippen molar-refractivity contribution in [3.63, 3.8) is 0 Å². The Kier molecular flexibility index (Phi) is 5.72. The van der Waals surface area contributed by atoms with Gasteiger partial charge in [-0.05, 0) is 48.0 Å². The number of carbonyl (C=O) groups is 1. The molecule has 2 heterocycles. The van der Waals surface area contributed by atoms with Crippen LogP contribution in [0.3, 0.4) is 0 Å². The number of anilines is 2. The van der Waals surface area contributed by atoms with Crippen LogP contribution in [0.25, 0.3) is 22.2 Å². The van der Waals surface area contributed by atoms with Crippen LogP contribution < -0.4 is 20.5 Å². The number of aromatic nitrogens is 3. The predicted octanol–water partition coefficient (Wildman–Crippen LogP) is 4.32.